The number of rotatable bonds is 7. The van der Waals surface area contributed by atoms with Crippen molar-refractivity contribution in [2.24, 2.45) is 0 Å². The van der Waals surface area contributed by atoms with Crippen LogP contribution >= 0.6 is 0 Å². The molecule has 1 heterocycles. The Morgan fingerprint density at radius 1 is 1.00 bits per heavy atom. The van der Waals surface area contributed by atoms with Crippen LogP contribution in [-0.2, 0) is 13.1 Å². The van der Waals surface area contributed by atoms with Crippen molar-refractivity contribution >= 4 is 0 Å². The van der Waals surface area contributed by atoms with Crippen LogP contribution in [0.1, 0.15) is 18.1 Å². The summed E-state index contributed by atoms with van der Waals surface area (Å²) in [5.41, 5.74) is 2.39. The van der Waals surface area contributed by atoms with E-state index in [1.54, 1.807) is 19.5 Å². The molecule has 0 bridgehead atoms. The Balaban J connectivity index is 0.00000220. The standard InChI is InChI=1S/C16H20N2O2.ClH/c1-3-20-15-5-4-14(10-16(15)19-2)12-18-11-13-6-8-17-9-7-13;/h4-10,18H,3,11-12H2,1-2H3;1H/p-1. The predicted octanol–water partition coefficient (Wildman–Crippen LogP) is -0.217. The highest BCUT2D eigenvalue weighted by atomic mass is 35.5. The van der Waals surface area contributed by atoms with Gasteiger partial charge in [0, 0.05) is 25.5 Å². The van der Waals surface area contributed by atoms with E-state index in [0.717, 1.165) is 24.6 Å². The fourth-order valence-electron chi connectivity index (χ4n) is 1.95. The lowest BCUT2D eigenvalue weighted by atomic mass is 10.2. The minimum atomic E-state index is 0. The van der Waals surface area contributed by atoms with Gasteiger partial charge in [-0.15, -0.1) is 0 Å². The van der Waals surface area contributed by atoms with E-state index in [1.165, 1.54) is 11.1 Å². The van der Waals surface area contributed by atoms with Crippen LogP contribution in [0.2, 0.25) is 0 Å². The van der Waals surface area contributed by atoms with E-state index in [4.69, 9.17) is 9.47 Å². The molecule has 1 N–H and O–H groups in total. The zero-order chi connectivity index (χ0) is 14.2. The molecular weight excluding hydrogens is 288 g/mol. The summed E-state index contributed by atoms with van der Waals surface area (Å²) in [6, 6.07) is 10.0. The summed E-state index contributed by atoms with van der Waals surface area (Å²) < 4.78 is 10.8. The van der Waals surface area contributed by atoms with E-state index in [0.29, 0.717) is 6.61 Å². The highest BCUT2D eigenvalue weighted by Gasteiger charge is 2.05. The largest absolute Gasteiger partial charge is 1.00 e. The summed E-state index contributed by atoms with van der Waals surface area (Å²) in [5, 5.41) is 3.40. The summed E-state index contributed by atoms with van der Waals surface area (Å²) in [6.45, 7) is 4.20. The molecular formula is C16H20ClN2O2-. The van der Waals surface area contributed by atoms with Crippen LogP contribution in [0.3, 0.4) is 0 Å². The van der Waals surface area contributed by atoms with Crippen molar-refractivity contribution in [2.45, 2.75) is 20.0 Å². The first-order chi connectivity index (χ1) is 9.83. The van der Waals surface area contributed by atoms with Gasteiger partial charge < -0.3 is 27.2 Å². The monoisotopic (exact) mass is 307 g/mol. The van der Waals surface area contributed by atoms with Gasteiger partial charge in [0.25, 0.3) is 0 Å². The maximum Gasteiger partial charge on any atom is 0.161 e. The van der Waals surface area contributed by atoms with Gasteiger partial charge in [-0.25, -0.2) is 0 Å². The molecule has 4 nitrogen and oxygen atoms in total. The number of nitrogens with one attached hydrogen (secondary N) is 1. The predicted molar refractivity (Wildman–Crippen MR) is 78.9 cm³/mol. The maximum absolute atomic E-state index is 5.50. The van der Waals surface area contributed by atoms with Gasteiger partial charge in [0.2, 0.25) is 0 Å². The Morgan fingerprint density at radius 2 is 1.71 bits per heavy atom. The van der Waals surface area contributed by atoms with E-state index >= 15 is 0 Å². The van der Waals surface area contributed by atoms with Crippen LogP contribution in [0.4, 0.5) is 0 Å². The zero-order valence-corrected chi connectivity index (χ0v) is 13.1. The second kappa shape index (κ2) is 9.21. The average Bonchev–Trinajstić information content (AvgIpc) is 2.50. The number of hydrogen-bond donors (Lipinski definition) is 1. The number of pyridine rings is 1. The fourth-order valence-corrected chi connectivity index (χ4v) is 1.95. The number of nitrogens with zero attached hydrogens (tertiary/aromatic N) is 1. The molecule has 0 fully saturated rings. The SMILES string of the molecule is CCOc1ccc(CNCc2ccncc2)cc1OC.[Cl-]. The molecule has 0 unspecified atom stereocenters. The Hall–Kier alpha value is -1.78. The number of hydrogen-bond acceptors (Lipinski definition) is 4. The lowest BCUT2D eigenvalue weighted by Crippen LogP contribution is -3.00. The molecule has 0 saturated carbocycles. The summed E-state index contributed by atoms with van der Waals surface area (Å²) in [4.78, 5) is 4.00. The van der Waals surface area contributed by atoms with Gasteiger partial charge in [0.05, 0.1) is 13.7 Å². The third-order valence-corrected chi connectivity index (χ3v) is 2.94. The second-order valence-electron chi connectivity index (χ2n) is 4.38. The Labute approximate surface area is 131 Å². The molecule has 1 aromatic heterocycles. The lowest BCUT2D eigenvalue weighted by molar-refractivity contribution is -0.00000496. The summed E-state index contributed by atoms with van der Waals surface area (Å²) in [6.07, 6.45) is 3.61. The molecule has 5 heteroatoms. The van der Waals surface area contributed by atoms with Crippen LogP contribution < -0.4 is 27.2 Å². The first kappa shape index (κ1) is 17.3. The summed E-state index contributed by atoms with van der Waals surface area (Å²) in [5.74, 6) is 1.56. The van der Waals surface area contributed by atoms with Crippen molar-refractivity contribution < 1.29 is 21.9 Å². The third kappa shape index (κ3) is 5.25. The molecule has 0 amide bonds. The van der Waals surface area contributed by atoms with Crippen molar-refractivity contribution in [1.29, 1.82) is 0 Å². The number of halogens is 1. The highest BCUT2D eigenvalue weighted by molar-refractivity contribution is 5.42. The molecule has 0 spiro atoms. The average molecular weight is 308 g/mol. The van der Waals surface area contributed by atoms with E-state index in [1.807, 2.05) is 37.3 Å². The van der Waals surface area contributed by atoms with Gasteiger partial charge in [0.1, 0.15) is 0 Å². The normalized spacial score (nSPS) is 9.81. The van der Waals surface area contributed by atoms with Crippen LogP contribution in [-0.4, -0.2) is 18.7 Å². The molecule has 21 heavy (non-hydrogen) atoms. The van der Waals surface area contributed by atoms with E-state index in [9.17, 15) is 0 Å². The van der Waals surface area contributed by atoms with Gasteiger partial charge in [-0.2, -0.15) is 0 Å². The first-order valence-electron chi connectivity index (χ1n) is 6.72. The van der Waals surface area contributed by atoms with Crippen molar-refractivity contribution in [1.82, 2.24) is 10.3 Å². The molecule has 2 rings (SSSR count). The molecule has 0 aliphatic carbocycles. The molecule has 114 valence electrons. The molecule has 0 aliphatic rings. The first-order valence-corrected chi connectivity index (χ1v) is 6.72. The van der Waals surface area contributed by atoms with Crippen molar-refractivity contribution in [3.8, 4) is 11.5 Å². The van der Waals surface area contributed by atoms with Gasteiger partial charge in [-0.05, 0) is 42.3 Å². The minimum Gasteiger partial charge on any atom is -1.00 e. The number of aromatic nitrogens is 1. The van der Waals surface area contributed by atoms with Gasteiger partial charge in [0.15, 0.2) is 11.5 Å². The molecule has 1 aromatic carbocycles. The Bertz CT molecular complexity index is 535. The zero-order valence-electron chi connectivity index (χ0n) is 12.3. The Kier molecular flexibility index (Phi) is 7.58. The van der Waals surface area contributed by atoms with Crippen molar-refractivity contribution in [3.63, 3.8) is 0 Å². The van der Waals surface area contributed by atoms with E-state index in [2.05, 4.69) is 10.3 Å². The Morgan fingerprint density at radius 3 is 2.38 bits per heavy atom. The molecule has 2 aromatic rings. The molecule has 0 radical (unpaired) electrons. The van der Waals surface area contributed by atoms with Crippen LogP contribution in [0.25, 0.3) is 0 Å². The second-order valence-corrected chi connectivity index (χ2v) is 4.38. The molecule has 0 saturated heterocycles. The van der Waals surface area contributed by atoms with E-state index < -0.39 is 0 Å². The highest BCUT2D eigenvalue weighted by Crippen LogP contribution is 2.27. The van der Waals surface area contributed by atoms with Crippen LogP contribution in [0.5, 0.6) is 11.5 Å². The number of benzene rings is 1. The molecule has 0 aliphatic heterocycles. The van der Waals surface area contributed by atoms with Gasteiger partial charge in [-0.1, -0.05) is 6.07 Å². The maximum atomic E-state index is 5.50. The van der Waals surface area contributed by atoms with Gasteiger partial charge in [-0.3, -0.25) is 4.98 Å². The fraction of sp³-hybridized carbons (Fsp3) is 0.312. The lowest BCUT2D eigenvalue weighted by Gasteiger charge is -2.11. The van der Waals surface area contributed by atoms with Crippen molar-refractivity contribution in [2.75, 3.05) is 13.7 Å². The number of methoxy groups -OCH3 is 1. The molecule has 0 atom stereocenters. The minimum absolute atomic E-state index is 0. The smallest absolute Gasteiger partial charge is 0.161 e. The third-order valence-electron chi connectivity index (χ3n) is 2.94. The van der Waals surface area contributed by atoms with E-state index in [-0.39, 0.29) is 12.4 Å². The summed E-state index contributed by atoms with van der Waals surface area (Å²) in [7, 11) is 1.66. The summed E-state index contributed by atoms with van der Waals surface area (Å²) >= 11 is 0. The number of ether oxygens (including phenoxy) is 2. The quantitative estimate of drug-likeness (QED) is 0.768. The van der Waals surface area contributed by atoms with Crippen LogP contribution in [0.15, 0.2) is 42.7 Å². The van der Waals surface area contributed by atoms with Gasteiger partial charge >= 0.3 is 0 Å². The van der Waals surface area contributed by atoms with Crippen molar-refractivity contribution in [3.05, 3.63) is 53.9 Å². The topological polar surface area (TPSA) is 43.4 Å². The van der Waals surface area contributed by atoms with Crippen LogP contribution in [0, 0.1) is 0 Å².